The summed E-state index contributed by atoms with van der Waals surface area (Å²) in [5, 5.41) is 12.6. The lowest BCUT2D eigenvalue weighted by molar-refractivity contribution is 0.0896. The third-order valence-corrected chi connectivity index (χ3v) is 5.70. The lowest BCUT2D eigenvalue weighted by atomic mass is 9.97. The lowest BCUT2D eigenvalue weighted by Gasteiger charge is -2.28. The number of nitrogens with zero attached hydrogens (tertiary/aromatic N) is 2. The van der Waals surface area contributed by atoms with Gasteiger partial charge < -0.3 is 11.1 Å². The zero-order valence-corrected chi connectivity index (χ0v) is 14.7. The van der Waals surface area contributed by atoms with Crippen LogP contribution in [0.4, 0.5) is 0 Å². The van der Waals surface area contributed by atoms with Crippen LogP contribution in [0, 0.1) is 0 Å². The number of hydrogen-bond acceptors (Lipinski definition) is 5. The van der Waals surface area contributed by atoms with Gasteiger partial charge in [-0.2, -0.15) is 0 Å². The summed E-state index contributed by atoms with van der Waals surface area (Å²) in [7, 11) is 0. The van der Waals surface area contributed by atoms with E-state index in [1.54, 1.807) is 12.1 Å². The fourth-order valence-corrected chi connectivity index (χ4v) is 3.88. The van der Waals surface area contributed by atoms with E-state index in [0.29, 0.717) is 22.3 Å². The highest BCUT2D eigenvalue weighted by Gasteiger charge is 2.34. The number of benzene rings is 1. The first-order valence-corrected chi connectivity index (χ1v) is 9.10. The van der Waals surface area contributed by atoms with Gasteiger partial charge >= 0.3 is 0 Å². The van der Waals surface area contributed by atoms with E-state index in [1.807, 2.05) is 24.3 Å². The highest BCUT2D eigenvalue weighted by Crippen LogP contribution is 2.32. The molecule has 1 aliphatic rings. The molecule has 0 unspecified atom stereocenters. The van der Waals surface area contributed by atoms with Gasteiger partial charge in [0.2, 0.25) is 0 Å². The average molecular weight is 363 g/mol. The second kappa shape index (κ2) is 7.51. The minimum atomic E-state index is -0.288. The van der Waals surface area contributed by atoms with Gasteiger partial charge in [-0.25, -0.2) is 0 Å². The van der Waals surface area contributed by atoms with E-state index < -0.39 is 0 Å². The van der Waals surface area contributed by atoms with E-state index >= 15 is 0 Å². The van der Waals surface area contributed by atoms with Gasteiger partial charge in [0.1, 0.15) is 5.03 Å². The van der Waals surface area contributed by atoms with E-state index in [4.69, 9.17) is 17.3 Å². The van der Waals surface area contributed by atoms with Gasteiger partial charge in [-0.15, -0.1) is 10.2 Å². The molecule has 0 radical (unpaired) electrons. The second-order valence-corrected chi connectivity index (χ2v) is 7.40. The largest absolute Gasteiger partial charge is 0.344 e. The number of hydrogen-bond donors (Lipinski definition) is 2. The fourth-order valence-electron chi connectivity index (χ4n) is 2.87. The van der Waals surface area contributed by atoms with Crippen LogP contribution in [-0.4, -0.2) is 28.2 Å². The maximum atomic E-state index is 12.4. The minimum Gasteiger partial charge on any atom is -0.344 e. The van der Waals surface area contributed by atoms with Crippen molar-refractivity contribution >= 4 is 29.3 Å². The molecule has 0 saturated heterocycles. The number of amides is 1. The van der Waals surface area contributed by atoms with Crippen LogP contribution in [0.2, 0.25) is 5.02 Å². The molecule has 126 valence electrons. The zero-order valence-electron chi connectivity index (χ0n) is 13.2. The maximum Gasteiger partial charge on any atom is 0.272 e. The van der Waals surface area contributed by atoms with Crippen LogP contribution < -0.4 is 11.1 Å². The molecule has 1 heterocycles. The number of nitrogens with one attached hydrogen (secondary N) is 1. The van der Waals surface area contributed by atoms with Crippen LogP contribution in [0.5, 0.6) is 0 Å². The number of carbonyl (C=O) groups excluding carboxylic acids is 1. The van der Waals surface area contributed by atoms with Gasteiger partial charge in [-0.3, -0.25) is 4.79 Å². The van der Waals surface area contributed by atoms with Gasteiger partial charge in [0.25, 0.3) is 5.91 Å². The van der Waals surface area contributed by atoms with Crippen molar-refractivity contribution in [2.75, 3.05) is 6.54 Å². The summed E-state index contributed by atoms with van der Waals surface area (Å²) < 4.78 is 0. The Labute approximate surface area is 150 Å². The van der Waals surface area contributed by atoms with Crippen molar-refractivity contribution in [3.63, 3.8) is 0 Å². The molecule has 1 aromatic heterocycles. The number of aromatic nitrogens is 2. The Balaban J connectivity index is 1.68. The summed E-state index contributed by atoms with van der Waals surface area (Å²) in [5.74, 6) is -0.218. The monoisotopic (exact) mass is 362 g/mol. The molecule has 0 aliphatic heterocycles. The summed E-state index contributed by atoms with van der Waals surface area (Å²) in [5.41, 5.74) is 5.87. The van der Waals surface area contributed by atoms with E-state index in [9.17, 15) is 4.79 Å². The maximum absolute atomic E-state index is 12.4. The average Bonchev–Trinajstić information content (AvgIpc) is 3.06. The molecule has 1 amide bonds. The molecule has 1 aromatic carbocycles. The number of nitrogens with two attached hydrogens (primary N) is 1. The van der Waals surface area contributed by atoms with Crippen molar-refractivity contribution in [3.8, 4) is 0 Å². The Morgan fingerprint density at radius 1 is 1.21 bits per heavy atom. The molecule has 3 N–H and O–H groups in total. The number of halogens is 1. The first kappa shape index (κ1) is 17.2. The molecule has 5 nitrogen and oxygen atoms in total. The predicted octanol–water partition coefficient (Wildman–Crippen LogP) is 3.28. The number of carbonyl (C=O) groups is 1. The van der Waals surface area contributed by atoms with E-state index in [2.05, 4.69) is 15.5 Å². The third kappa shape index (κ3) is 3.88. The second-order valence-electron chi connectivity index (χ2n) is 5.93. The summed E-state index contributed by atoms with van der Waals surface area (Å²) in [6.07, 6.45) is 4.03. The standard InChI is InChI=1S/C17H19ClN4OS/c18-12-5-1-2-6-14(12)24-15-8-7-13(21-22-15)16(23)20-17(11-19)9-3-4-10-17/h1-2,5-8H,3-4,9-11,19H2,(H,20,23). The highest BCUT2D eigenvalue weighted by atomic mass is 35.5. The van der Waals surface area contributed by atoms with Gasteiger partial charge in [-0.1, -0.05) is 48.3 Å². The Kier molecular flexibility index (Phi) is 5.38. The number of rotatable bonds is 5. The van der Waals surface area contributed by atoms with Crippen molar-refractivity contribution in [2.24, 2.45) is 5.73 Å². The molecular formula is C17H19ClN4OS. The molecule has 1 fully saturated rings. The fraction of sp³-hybridized carbons (Fsp3) is 0.353. The normalized spacial score (nSPS) is 16.1. The molecule has 1 aliphatic carbocycles. The van der Waals surface area contributed by atoms with Crippen LogP contribution >= 0.6 is 23.4 Å². The molecule has 0 spiro atoms. The summed E-state index contributed by atoms with van der Waals surface area (Å²) in [6.45, 7) is 0.451. The molecule has 1 saturated carbocycles. The molecule has 0 bridgehead atoms. The minimum absolute atomic E-state index is 0.218. The molecule has 7 heteroatoms. The van der Waals surface area contributed by atoms with Gasteiger partial charge in [0, 0.05) is 11.4 Å². The topological polar surface area (TPSA) is 80.9 Å². The van der Waals surface area contributed by atoms with Crippen molar-refractivity contribution < 1.29 is 4.79 Å². The summed E-state index contributed by atoms with van der Waals surface area (Å²) >= 11 is 7.55. The Morgan fingerprint density at radius 3 is 2.58 bits per heavy atom. The summed E-state index contributed by atoms with van der Waals surface area (Å²) in [6, 6.07) is 11.0. The van der Waals surface area contributed by atoms with Crippen LogP contribution in [0.1, 0.15) is 36.2 Å². The first-order chi connectivity index (χ1) is 11.6. The van der Waals surface area contributed by atoms with Crippen molar-refractivity contribution in [1.82, 2.24) is 15.5 Å². The van der Waals surface area contributed by atoms with Crippen molar-refractivity contribution in [3.05, 3.63) is 47.1 Å². The first-order valence-electron chi connectivity index (χ1n) is 7.91. The van der Waals surface area contributed by atoms with E-state index in [0.717, 1.165) is 30.6 Å². The van der Waals surface area contributed by atoms with Gasteiger partial charge in [0.15, 0.2) is 5.69 Å². The zero-order chi connectivity index (χ0) is 17.0. The molecular weight excluding hydrogens is 344 g/mol. The van der Waals surface area contributed by atoms with Crippen LogP contribution in [-0.2, 0) is 0 Å². The quantitative estimate of drug-likeness (QED) is 0.853. The third-order valence-electron chi connectivity index (χ3n) is 4.25. The van der Waals surface area contributed by atoms with Gasteiger partial charge in [-0.05, 0) is 37.1 Å². The smallest absolute Gasteiger partial charge is 0.272 e. The predicted molar refractivity (Wildman–Crippen MR) is 95.3 cm³/mol. The molecule has 0 atom stereocenters. The Bertz CT molecular complexity index is 717. The van der Waals surface area contributed by atoms with Crippen molar-refractivity contribution in [2.45, 2.75) is 41.1 Å². The van der Waals surface area contributed by atoms with E-state index in [-0.39, 0.29) is 11.4 Å². The molecule has 24 heavy (non-hydrogen) atoms. The molecule has 3 rings (SSSR count). The van der Waals surface area contributed by atoms with E-state index in [1.165, 1.54) is 11.8 Å². The highest BCUT2D eigenvalue weighted by molar-refractivity contribution is 7.99. The van der Waals surface area contributed by atoms with Gasteiger partial charge in [0.05, 0.1) is 10.6 Å². The van der Waals surface area contributed by atoms with Crippen molar-refractivity contribution in [1.29, 1.82) is 0 Å². The van der Waals surface area contributed by atoms with Crippen LogP contribution in [0.15, 0.2) is 46.3 Å². The Hall–Kier alpha value is -1.63. The SMILES string of the molecule is NCC1(NC(=O)c2ccc(Sc3ccccc3Cl)nn2)CCCC1. The summed E-state index contributed by atoms with van der Waals surface area (Å²) in [4.78, 5) is 13.3. The van der Waals surface area contributed by atoms with Crippen LogP contribution in [0.3, 0.4) is 0 Å². The lowest BCUT2D eigenvalue weighted by Crippen LogP contribution is -2.51. The Morgan fingerprint density at radius 2 is 1.96 bits per heavy atom. The van der Waals surface area contributed by atoms with Crippen LogP contribution in [0.25, 0.3) is 0 Å². The molecule has 2 aromatic rings.